The van der Waals surface area contributed by atoms with Gasteiger partial charge >= 0.3 is 0 Å². The van der Waals surface area contributed by atoms with Crippen molar-refractivity contribution in [3.63, 3.8) is 0 Å². The van der Waals surface area contributed by atoms with E-state index in [0.717, 1.165) is 12.1 Å². The van der Waals surface area contributed by atoms with Crippen LogP contribution in [-0.2, 0) is 4.74 Å². The van der Waals surface area contributed by atoms with Gasteiger partial charge in [-0.2, -0.15) is 0 Å². The highest BCUT2D eigenvalue weighted by Crippen LogP contribution is 2.18. The fourth-order valence-corrected chi connectivity index (χ4v) is 1.34. The molecule has 0 aliphatic carbocycles. The van der Waals surface area contributed by atoms with Gasteiger partial charge in [0.2, 0.25) is 0 Å². The number of aromatic nitrogens is 2. The van der Waals surface area contributed by atoms with Gasteiger partial charge in [0, 0.05) is 18.4 Å². The molecule has 4 nitrogen and oxygen atoms in total. The number of anilines is 1. The van der Waals surface area contributed by atoms with E-state index in [4.69, 9.17) is 10.5 Å². The molecule has 1 heterocycles. The van der Waals surface area contributed by atoms with Gasteiger partial charge in [-0.05, 0) is 20.3 Å². The molecule has 1 aromatic rings. The second-order valence-electron chi connectivity index (χ2n) is 3.14. The highest BCUT2D eigenvalue weighted by Gasteiger charge is 2.12. The Morgan fingerprint density at radius 1 is 1.43 bits per heavy atom. The molecule has 1 unspecified atom stereocenters. The quantitative estimate of drug-likeness (QED) is 0.796. The molecular formula is C10H17N3O. The Kier molecular flexibility index (Phi) is 3.83. The molecule has 0 fully saturated rings. The highest BCUT2D eigenvalue weighted by molar-refractivity contribution is 5.29. The van der Waals surface area contributed by atoms with Crippen molar-refractivity contribution in [1.82, 2.24) is 9.97 Å². The van der Waals surface area contributed by atoms with E-state index in [1.54, 1.807) is 6.07 Å². The van der Waals surface area contributed by atoms with E-state index in [2.05, 4.69) is 9.97 Å². The molecule has 1 aromatic heterocycles. The van der Waals surface area contributed by atoms with Gasteiger partial charge in [-0.15, -0.1) is 0 Å². The second-order valence-corrected chi connectivity index (χ2v) is 3.14. The summed E-state index contributed by atoms with van der Waals surface area (Å²) in [7, 11) is 0. The molecule has 0 radical (unpaired) electrons. The third-order valence-electron chi connectivity index (χ3n) is 1.92. The monoisotopic (exact) mass is 195 g/mol. The minimum atomic E-state index is -0.0396. The van der Waals surface area contributed by atoms with Gasteiger partial charge in [0.15, 0.2) is 5.82 Å². The van der Waals surface area contributed by atoms with Gasteiger partial charge in [-0.3, -0.25) is 0 Å². The lowest BCUT2D eigenvalue weighted by Crippen LogP contribution is -2.10. The summed E-state index contributed by atoms with van der Waals surface area (Å²) in [5.41, 5.74) is 6.52. The van der Waals surface area contributed by atoms with Gasteiger partial charge in [0.25, 0.3) is 0 Å². The number of aryl methyl sites for hydroxylation is 1. The summed E-state index contributed by atoms with van der Waals surface area (Å²) in [6, 6.07) is 1.75. The Morgan fingerprint density at radius 2 is 2.14 bits per heavy atom. The summed E-state index contributed by atoms with van der Waals surface area (Å²) < 4.78 is 5.51. The van der Waals surface area contributed by atoms with Gasteiger partial charge in [-0.1, -0.05) is 6.92 Å². The zero-order valence-electron chi connectivity index (χ0n) is 8.95. The Labute approximate surface area is 84.5 Å². The molecule has 0 aromatic carbocycles. The van der Waals surface area contributed by atoms with E-state index >= 15 is 0 Å². The van der Waals surface area contributed by atoms with Crippen LogP contribution in [0.5, 0.6) is 0 Å². The molecule has 0 saturated carbocycles. The van der Waals surface area contributed by atoms with Crippen LogP contribution in [0.4, 0.5) is 5.82 Å². The Bertz CT molecular complexity index is 281. The fourth-order valence-electron chi connectivity index (χ4n) is 1.34. The maximum absolute atomic E-state index is 5.64. The van der Waals surface area contributed by atoms with E-state index in [-0.39, 0.29) is 6.10 Å². The Morgan fingerprint density at radius 3 is 2.64 bits per heavy atom. The molecule has 0 aliphatic rings. The Hall–Kier alpha value is -1.16. The average molecular weight is 195 g/mol. The van der Waals surface area contributed by atoms with Gasteiger partial charge in [0.05, 0.1) is 0 Å². The molecular weight excluding hydrogens is 178 g/mol. The van der Waals surface area contributed by atoms with Crippen molar-refractivity contribution in [2.24, 2.45) is 0 Å². The number of rotatable bonds is 4. The summed E-state index contributed by atoms with van der Waals surface area (Å²) in [5, 5.41) is 0. The van der Waals surface area contributed by atoms with E-state index in [9.17, 15) is 0 Å². The summed E-state index contributed by atoms with van der Waals surface area (Å²) in [4.78, 5) is 8.47. The van der Waals surface area contributed by atoms with Gasteiger partial charge in [-0.25, -0.2) is 9.97 Å². The normalized spacial score (nSPS) is 12.8. The van der Waals surface area contributed by atoms with Crippen LogP contribution in [0.25, 0.3) is 0 Å². The van der Waals surface area contributed by atoms with E-state index in [1.165, 1.54) is 0 Å². The van der Waals surface area contributed by atoms with E-state index in [1.807, 2.05) is 20.8 Å². The van der Waals surface area contributed by atoms with Crippen LogP contribution in [0.3, 0.4) is 0 Å². The number of nitrogens with two attached hydrogens (primary N) is 1. The number of ether oxygens (including phenoxy) is 1. The molecule has 0 saturated heterocycles. The predicted octanol–water partition coefficient (Wildman–Crippen LogP) is 1.85. The van der Waals surface area contributed by atoms with Gasteiger partial charge in [0.1, 0.15) is 11.9 Å². The molecule has 78 valence electrons. The summed E-state index contributed by atoms with van der Waals surface area (Å²) in [6.45, 7) is 6.57. The van der Waals surface area contributed by atoms with Crippen LogP contribution < -0.4 is 5.73 Å². The van der Waals surface area contributed by atoms with Crippen LogP contribution in [0, 0.1) is 6.92 Å². The van der Waals surface area contributed by atoms with Crippen molar-refractivity contribution in [3.8, 4) is 0 Å². The first kappa shape index (κ1) is 10.9. The zero-order valence-corrected chi connectivity index (χ0v) is 8.95. The van der Waals surface area contributed by atoms with Crippen LogP contribution in [0.2, 0.25) is 0 Å². The molecule has 14 heavy (non-hydrogen) atoms. The molecule has 0 aliphatic heterocycles. The van der Waals surface area contributed by atoms with Crippen molar-refractivity contribution in [3.05, 3.63) is 17.6 Å². The molecule has 0 spiro atoms. The molecule has 1 rings (SSSR count). The first-order valence-electron chi connectivity index (χ1n) is 4.90. The third-order valence-corrected chi connectivity index (χ3v) is 1.92. The third kappa shape index (κ3) is 2.67. The van der Waals surface area contributed by atoms with Crippen molar-refractivity contribution in [1.29, 1.82) is 0 Å². The first-order valence-corrected chi connectivity index (χ1v) is 4.90. The number of hydrogen-bond donors (Lipinski definition) is 1. The van der Waals surface area contributed by atoms with E-state index in [0.29, 0.717) is 18.2 Å². The maximum atomic E-state index is 5.64. The fraction of sp³-hybridized carbons (Fsp3) is 0.600. The van der Waals surface area contributed by atoms with Crippen LogP contribution in [-0.4, -0.2) is 16.6 Å². The lowest BCUT2D eigenvalue weighted by Gasteiger charge is -2.13. The zero-order chi connectivity index (χ0) is 10.6. The SMILES string of the molecule is CCOC(CC)c1nc(C)cc(N)n1. The lowest BCUT2D eigenvalue weighted by atomic mass is 10.2. The van der Waals surface area contributed by atoms with E-state index < -0.39 is 0 Å². The van der Waals surface area contributed by atoms with Crippen LogP contribution >= 0.6 is 0 Å². The standard InChI is InChI=1S/C10H17N3O/c1-4-8(14-5-2)10-12-7(3)6-9(11)13-10/h6,8H,4-5H2,1-3H3,(H2,11,12,13). The second kappa shape index (κ2) is 4.91. The van der Waals surface area contributed by atoms with Crippen molar-refractivity contribution < 1.29 is 4.74 Å². The number of hydrogen-bond acceptors (Lipinski definition) is 4. The van der Waals surface area contributed by atoms with Crippen molar-refractivity contribution in [2.45, 2.75) is 33.3 Å². The number of nitrogen functional groups attached to an aromatic ring is 1. The summed E-state index contributed by atoms with van der Waals surface area (Å²) >= 11 is 0. The highest BCUT2D eigenvalue weighted by atomic mass is 16.5. The average Bonchev–Trinajstić information content (AvgIpc) is 2.12. The summed E-state index contributed by atoms with van der Waals surface area (Å²) in [6.07, 6.45) is 0.818. The number of nitrogens with zero attached hydrogens (tertiary/aromatic N) is 2. The minimum absolute atomic E-state index is 0.0396. The topological polar surface area (TPSA) is 61.0 Å². The summed E-state index contributed by atoms with van der Waals surface area (Å²) in [5.74, 6) is 1.19. The molecule has 0 amide bonds. The smallest absolute Gasteiger partial charge is 0.159 e. The van der Waals surface area contributed by atoms with Crippen LogP contribution in [0.15, 0.2) is 6.07 Å². The van der Waals surface area contributed by atoms with Crippen LogP contribution in [0.1, 0.15) is 37.9 Å². The predicted molar refractivity (Wildman–Crippen MR) is 55.8 cm³/mol. The molecule has 4 heteroatoms. The molecule has 2 N–H and O–H groups in total. The minimum Gasteiger partial charge on any atom is -0.384 e. The van der Waals surface area contributed by atoms with Gasteiger partial charge < -0.3 is 10.5 Å². The lowest BCUT2D eigenvalue weighted by molar-refractivity contribution is 0.0535. The largest absolute Gasteiger partial charge is 0.384 e. The molecule has 1 atom stereocenters. The molecule has 0 bridgehead atoms. The first-order chi connectivity index (χ1) is 6.67. The Balaban J connectivity index is 2.91. The maximum Gasteiger partial charge on any atom is 0.159 e. The van der Waals surface area contributed by atoms with Crippen molar-refractivity contribution >= 4 is 5.82 Å². The van der Waals surface area contributed by atoms with Crippen molar-refractivity contribution in [2.75, 3.05) is 12.3 Å².